The van der Waals surface area contributed by atoms with Gasteiger partial charge in [-0.25, -0.2) is 9.97 Å². The number of imidazole rings is 1. The zero-order valence-corrected chi connectivity index (χ0v) is 21.5. The third-order valence-electron chi connectivity index (χ3n) is 7.50. The van der Waals surface area contributed by atoms with E-state index in [4.69, 9.17) is 9.40 Å². The SMILES string of the molecule is c1ccc(-c2cccc(-c3ccccc3)c2-n2c(-c3cccc4c3oc3ccccc34)nc3ncccc32)cc1. The molecule has 5 aromatic carbocycles. The van der Waals surface area contributed by atoms with Crippen LogP contribution >= 0.6 is 0 Å². The van der Waals surface area contributed by atoms with Crippen molar-refractivity contribution < 1.29 is 4.42 Å². The predicted molar refractivity (Wildman–Crippen MR) is 162 cm³/mol. The molecule has 188 valence electrons. The van der Waals surface area contributed by atoms with E-state index in [0.717, 1.165) is 66.8 Å². The van der Waals surface area contributed by atoms with Gasteiger partial charge in [-0.3, -0.25) is 4.57 Å². The molecule has 8 aromatic rings. The standard InChI is InChI=1S/C36H23N3O/c1-3-12-24(13-4-1)26-17-9-18-27(25-14-5-2-6-15-25)33(26)39-31-21-11-23-37-35(31)38-36(39)30-20-10-19-29-28-16-7-8-22-32(28)40-34(29)30/h1-23H. The lowest BCUT2D eigenvalue weighted by Crippen LogP contribution is -2.03. The fourth-order valence-electron chi connectivity index (χ4n) is 5.73. The molecule has 0 atom stereocenters. The number of furan rings is 1. The summed E-state index contributed by atoms with van der Waals surface area (Å²) in [4.78, 5) is 9.82. The van der Waals surface area contributed by atoms with Crippen LogP contribution in [0.25, 0.3) is 72.4 Å². The van der Waals surface area contributed by atoms with Crippen LogP contribution in [0, 0.1) is 0 Å². The average molecular weight is 514 g/mol. The van der Waals surface area contributed by atoms with Crippen molar-refractivity contribution in [1.82, 2.24) is 14.5 Å². The van der Waals surface area contributed by atoms with Crippen molar-refractivity contribution in [2.45, 2.75) is 0 Å². The maximum absolute atomic E-state index is 6.48. The van der Waals surface area contributed by atoms with Crippen LogP contribution in [0.3, 0.4) is 0 Å². The molecule has 0 aliphatic rings. The molecule has 0 aliphatic carbocycles. The zero-order valence-electron chi connectivity index (χ0n) is 21.5. The molecule has 4 nitrogen and oxygen atoms in total. The Bertz CT molecular complexity index is 2100. The van der Waals surface area contributed by atoms with Crippen molar-refractivity contribution in [3.05, 3.63) is 140 Å². The summed E-state index contributed by atoms with van der Waals surface area (Å²) in [5, 5.41) is 2.16. The van der Waals surface area contributed by atoms with E-state index in [1.54, 1.807) is 6.20 Å². The lowest BCUT2D eigenvalue weighted by Gasteiger charge is -2.19. The number of rotatable bonds is 4. The van der Waals surface area contributed by atoms with Gasteiger partial charge in [-0.15, -0.1) is 0 Å². The Morgan fingerprint density at radius 2 is 1.15 bits per heavy atom. The van der Waals surface area contributed by atoms with Crippen LogP contribution < -0.4 is 0 Å². The summed E-state index contributed by atoms with van der Waals surface area (Å²) in [6.07, 6.45) is 1.80. The largest absolute Gasteiger partial charge is 0.455 e. The summed E-state index contributed by atoms with van der Waals surface area (Å²) >= 11 is 0. The number of nitrogens with zero attached hydrogens (tertiary/aromatic N) is 3. The minimum atomic E-state index is 0.687. The van der Waals surface area contributed by atoms with Crippen molar-refractivity contribution in [2.75, 3.05) is 0 Å². The van der Waals surface area contributed by atoms with Crippen LogP contribution in [0.4, 0.5) is 0 Å². The molecule has 40 heavy (non-hydrogen) atoms. The van der Waals surface area contributed by atoms with Gasteiger partial charge >= 0.3 is 0 Å². The van der Waals surface area contributed by atoms with Crippen molar-refractivity contribution in [1.29, 1.82) is 0 Å². The Labute approximate surface area is 230 Å². The smallest absolute Gasteiger partial charge is 0.178 e. The van der Waals surface area contributed by atoms with E-state index in [9.17, 15) is 0 Å². The fourth-order valence-corrected chi connectivity index (χ4v) is 5.73. The van der Waals surface area contributed by atoms with Crippen LogP contribution in [0.5, 0.6) is 0 Å². The molecule has 0 radical (unpaired) electrons. The molecule has 0 aliphatic heterocycles. The van der Waals surface area contributed by atoms with Crippen molar-refractivity contribution in [3.63, 3.8) is 0 Å². The minimum absolute atomic E-state index is 0.687. The summed E-state index contributed by atoms with van der Waals surface area (Å²) in [6.45, 7) is 0. The normalized spacial score (nSPS) is 11.5. The van der Waals surface area contributed by atoms with Gasteiger partial charge in [0.05, 0.1) is 16.8 Å². The summed E-state index contributed by atoms with van der Waals surface area (Å²) < 4.78 is 8.74. The highest BCUT2D eigenvalue weighted by Crippen LogP contribution is 2.42. The van der Waals surface area contributed by atoms with E-state index >= 15 is 0 Å². The Morgan fingerprint density at radius 1 is 0.525 bits per heavy atom. The quantitative estimate of drug-likeness (QED) is 0.235. The highest BCUT2D eigenvalue weighted by atomic mass is 16.3. The number of hydrogen-bond acceptors (Lipinski definition) is 3. The molecule has 0 amide bonds. The Kier molecular flexibility index (Phi) is 5.10. The first-order valence-electron chi connectivity index (χ1n) is 13.4. The lowest BCUT2D eigenvalue weighted by atomic mass is 9.95. The number of benzene rings is 5. The second-order valence-corrected chi connectivity index (χ2v) is 9.83. The number of para-hydroxylation sites is 3. The predicted octanol–water partition coefficient (Wildman–Crippen LogP) is 9.32. The number of hydrogen-bond donors (Lipinski definition) is 0. The zero-order chi connectivity index (χ0) is 26.5. The first kappa shape index (κ1) is 22.5. The fraction of sp³-hybridized carbons (Fsp3) is 0. The van der Waals surface area contributed by atoms with Gasteiger partial charge in [0.25, 0.3) is 0 Å². The van der Waals surface area contributed by atoms with E-state index in [0.29, 0.717) is 5.65 Å². The van der Waals surface area contributed by atoms with E-state index in [2.05, 4.69) is 119 Å². The van der Waals surface area contributed by atoms with Crippen LogP contribution in [-0.2, 0) is 0 Å². The molecule has 3 heterocycles. The van der Waals surface area contributed by atoms with Crippen LogP contribution in [0.2, 0.25) is 0 Å². The molecule has 0 unspecified atom stereocenters. The molecule has 0 fully saturated rings. The van der Waals surface area contributed by atoms with E-state index < -0.39 is 0 Å². The minimum Gasteiger partial charge on any atom is -0.455 e. The topological polar surface area (TPSA) is 43.9 Å². The number of pyridine rings is 1. The molecule has 0 saturated heterocycles. The van der Waals surface area contributed by atoms with Gasteiger partial charge in [-0.05, 0) is 35.4 Å². The Morgan fingerprint density at radius 3 is 1.90 bits per heavy atom. The summed E-state index contributed by atoms with van der Waals surface area (Å²) in [7, 11) is 0. The van der Waals surface area contributed by atoms with Crippen LogP contribution in [0.1, 0.15) is 0 Å². The first-order valence-corrected chi connectivity index (χ1v) is 13.4. The summed E-state index contributed by atoms with van der Waals surface area (Å²) in [6, 6.07) is 46.1. The molecule has 4 heteroatoms. The molecular formula is C36H23N3O. The maximum atomic E-state index is 6.48. The first-order chi connectivity index (χ1) is 19.9. The molecule has 0 bridgehead atoms. The third-order valence-corrected chi connectivity index (χ3v) is 7.50. The van der Waals surface area contributed by atoms with Crippen LogP contribution in [0.15, 0.2) is 144 Å². The van der Waals surface area contributed by atoms with E-state index in [1.807, 2.05) is 24.3 Å². The Balaban J connectivity index is 1.52. The van der Waals surface area contributed by atoms with Gasteiger partial charge in [0.2, 0.25) is 0 Å². The molecule has 0 saturated carbocycles. The van der Waals surface area contributed by atoms with Crippen LogP contribution in [-0.4, -0.2) is 14.5 Å². The summed E-state index contributed by atoms with van der Waals surface area (Å²) in [5.74, 6) is 0.791. The van der Waals surface area contributed by atoms with Gasteiger partial charge in [-0.1, -0.05) is 109 Å². The van der Waals surface area contributed by atoms with Crippen molar-refractivity contribution >= 4 is 33.1 Å². The molecule has 0 spiro atoms. The van der Waals surface area contributed by atoms with E-state index in [-0.39, 0.29) is 0 Å². The van der Waals surface area contributed by atoms with Gasteiger partial charge in [0.1, 0.15) is 11.2 Å². The molecule has 0 N–H and O–H groups in total. The third kappa shape index (κ3) is 3.47. The van der Waals surface area contributed by atoms with Gasteiger partial charge in [0.15, 0.2) is 11.5 Å². The monoisotopic (exact) mass is 513 g/mol. The van der Waals surface area contributed by atoms with Gasteiger partial charge in [0, 0.05) is 28.1 Å². The maximum Gasteiger partial charge on any atom is 0.178 e. The highest BCUT2D eigenvalue weighted by Gasteiger charge is 2.24. The second kappa shape index (κ2) is 9.07. The Hall–Kier alpha value is -5.48. The van der Waals surface area contributed by atoms with Crippen molar-refractivity contribution in [2.24, 2.45) is 0 Å². The van der Waals surface area contributed by atoms with Gasteiger partial charge in [-0.2, -0.15) is 0 Å². The molecule has 8 rings (SSSR count). The van der Waals surface area contributed by atoms with Crippen molar-refractivity contribution in [3.8, 4) is 39.3 Å². The lowest BCUT2D eigenvalue weighted by molar-refractivity contribution is 0.669. The molecule has 3 aromatic heterocycles. The highest BCUT2D eigenvalue weighted by molar-refractivity contribution is 6.09. The average Bonchev–Trinajstić information content (AvgIpc) is 3.60. The number of fused-ring (bicyclic) bond motifs is 4. The second-order valence-electron chi connectivity index (χ2n) is 9.83. The van der Waals surface area contributed by atoms with E-state index in [1.165, 1.54) is 0 Å². The summed E-state index contributed by atoms with van der Waals surface area (Å²) in [5.41, 5.74) is 9.78. The molecular weight excluding hydrogens is 490 g/mol. The number of aromatic nitrogens is 3. The van der Waals surface area contributed by atoms with Gasteiger partial charge < -0.3 is 4.42 Å².